The molecule has 2 aromatic heterocycles. The van der Waals surface area contributed by atoms with E-state index in [0.29, 0.717) is 41.1 Å². The van der Waals surface area contributed by atoms with Crippen molar-refractivity contribution in [3.63, 3.8) is 0 Å². The molecule has 4 rings (SSSR count). The molecule has 1 aliphatic heterocycles. The molecule has 0 bridgehead atoms. The molecule has 0 saturated carbocycles. The van der Waals surface area contributed by atoms with Gasteiger partial charge in [-0.2, -0.15) is 0 Å². The van der Waals surface area contributed by atoms with Crippen LogP contribution in [0.15, 0.2) is 28.0 Å². The van der Waals surface area contributed by atoms with E-state index in [0.717, 1.165) is 5.03 Å². The van der Waals surface area contributed by atoms with Crippen LogP contribution in [0.2, 0.25) is 0 Å². The molecule has 3 aromatic rings. The highest BCUT2D eigenvalue weighted by atomic mass is 32.2. The van der Waals surface area contributed by atoms with Crippen LogP contribution in [-0.2, 0) is 11.3 Å². The highest BCUT2D eigenvalue weighted by molar-refractivity contribution is 7.98. The van der Waals surface area contributed by atoms with Crippen LogP contribution in [0.25, 0.3) is 22.4 Å². The first-order chi connectivity index (χ1) is 13.5. The summed E-state index contributed by atoms with van der Waals surface area (Å²) in [7, 11) is 0. The topological polar surface area (TPSA) is 84.5 Å². The summed E-state index contributed by atoms with van der Waals surface area (Å²) in [5.41, 5.74) is 1.75. The summed E-state index contributed by atoms with van der Waals surface area (Å²) in [5, 5.41) is 15.2. The second-order valence-electron chi connectivity index (χ2n) is 6.87. The van der Waals surface area contributed by atoms with Crippen molar-refractivity contribution in [3.05, 3.63) is 29.8 Å². The van der Waals surface area contributed by atoms with Gasteiger partial charge in [-0.15, -0.1) is 11.8 Å². The van der Waals surface area contributed by atoms with Crippen molar-refractivity contribution in [1.82, 2.24) is 15.1 Å². The molecule has 28 heavy (non-hydrogen) atoms. The second kappa shape index (κ2) is 7.65. The quantitative estimate of drug-likeness (QED) is 0.664. The van der Waals surface area contributed by atoms with E-state index in [1.54, 1.807) is 18.5 Å². The molecule has 7 nitrogen and oxygen atoms in total. The molecule has 1 saturated heterocycles. The van der Waals surface area contributed by atoms with Crippen molar-refractivity contribution in [2.24, 2.45) is 0 Å². The van der Waals surface area contributed by atoms with E-state index in [9.17, 15) is 5.11 Å². The van der Waals surface area contributed by atoms with Crippen LogP contribution in [0.1, 0.15) is 19.4 Å². The Labute approximate surface area is 165 Å². The van der Waals surface area contributed by atoms with Crippen LogP contribution < -0.4 is 4.90 Å². The van der Waals surface area contributed by atoms with Crippen molar-refractivity contribution in [3.8, 4) is 11.4 Å². The molecule has 1 aliphatic rings. The third-order valence-corrected chi connectivity index (χ3v) is 5.37. The van der Waals surface area contributed by atoms with Gasteiger partial charge in [-0.1, -0.05) is 5.16 Å². The van der Waals surface area contributed by atoms with E-state index in [1.807, 2.05) is 25.0 Å². The summed E-state index contributed by atoms with van der Waals surface area (Å²) >= 11 is 1.48. The highest BCUT2D eigenvalue weighted by Crippen LogP contribution is 2.37. The number of hydrogen-bond acceptors (Lipinski definition) is 8. The van der Waals surface area contributed by atoms with Crippen LogP contribution in [0, 0.1) is 5.82 Å². The molecule has 1 fully saturated rings. The third kappa shape index (κ3) is 3.34. The lowest BCUT2D eigenvalue weighted by molar-refractivity contribution is -0.00549. The van der Waals surface area contributed by atoms with E-state index >= 15 is 4.39 Å². The van der Waals surface area contributed by atoms with Crippen LogP contribution in [0.3, 0.4) is 0 Å². The van der Waals surface area contributed by atoms with E-state index < -0.39 is 5.82 Å². The number of ether oxygens (including phenoxy) is 1. The van der Waals surface area contributed by atoms with Gasteiger partial charge in [0.05, 0.1) is 42.3 Å². The minimum atomic E-state index is -0.532. The fraction of sp³-hybridized carbons (Fsp3) is 0.421. The predicted octanol–water partition coefficient (Wildman–Crippen LogP) is 3.25. The van der Waals surface area contributed by atoms with Gasteiger partial charge in [-0.3, -0.25) is 4.98 Å². The van der Waals surface area contributed by atoms with Crippen LogP contribution in [-0.4, -0.2) is 51.8 Å². The van der Waals surface area contributed by atoms with Crippen molar-refractivity contribution in [2.75, 3.05) is 24.2 Å². The lowest BCUT2D eigenvalue weighted by atomic mass is 10.0. The van der Waals surface area contributed by atoms with Crippen LogP contribution in [0.5, 0.6) is 0 Å². The summed E-state index contributed by atoms with van der Waals surface area (Å²) in [4.78, 5) is 10.5. The zero-order valence-corrected chi connectivity index (χ0v) is 16.7. The maximum absolute atomic E-state index is 15.4. The van der Waals surface area contributed by atoms with E-state index in [4.69, 9.17) is 9.26 Å². The molecule has 0 radical (unpaired) electrons. The fourth-order valence-corrected chi connectivity index (χ4v) is 3.95. The average Bonchev–Trinajstić information content (AvgIpc) is 3.11. The first-order valence-corrected chi connectivity index (χ1v) is 10.2. The number of aliphatic hydroxyl groups excluding tert-OH is 1. The number of fused-ring (bicyclic) bond motifs is 1. The SMILES string of the molecule is CSc1cnc(-c2noc3c(F)c(N4CC(C)OC(C)C4)c(CO)cc23)cn1. The number of morpholine rings is 1. The molecule has 0 spiro atoms. The smallest absolute Gasteiger partial charge is 0.205 e. The molecule has 2 atom stereocenters. The van der Waals surface area contributed by atoms with E-state index in [1.165, 1.54) is 11.8 Å². The number of anilines is 1. The Kier molecular flexibility index (Phi) is 5.22. The lowest BCUT2D eigenvalue weighted by Crippen LogP contribution is -2.46. The zero-order valence-electron chi connectivity index (χ0n) is 15.8. The predicted molar refractivity (Wildman–Crippen MR) is 105 cm³/mol. The fourth-order valence-electron chi connectivity index (χ4n) is 3.63. The number of aliphatic hydroxyl groups is 1. The highest BCUT2D eigenvalue weighted by Gasteiger charge is 2.29. The maximum Gasteiger partial charge on any atom is 0.205 e. The molecule has 1 aromatic carbocycles. The Hall–Kier alpha value is -2.23. The first kappa shape index (κ1) is 19.1. The van der Waals surface area contributed by atoms with Gasteiger partial charge in [-0.25, -0.2) is 9.37 Å². The zero-order chi connectivity index (χ0) is 19.8. The normalized spacial score (nSPS) is 20.1. The maximum atomic E-state index is 15.4. The number of thioether (sulfide) groups is 1. The van der Waals surface area contributed by atoms with Crippen LogP contribution >= 0.6 is 11.8 Å². The number of benzene rings is 1. The summed E-state index contributed by atoms with van der Waals surface area (Å²) in [6, 6.07) is 1.72. The van der Waals surface area contributed by atoms with Gasteiger partial charge in [0.1, 0.15) is 16.4 Å². The Bertz CT molecular complexity index is 985. The summed E-state index contributed by atoms with van der Waals surface area (Å²) in [6.07, 6.45) is 5.04. The van der Waals surface area contributed by atoms with Crippen LogP contribution in [0.4, 0.5) is 10.1 Å². The molecule has 0 amide bonds. The molecule has 148 valence electrons. The number of aromatic nitrogens is 3. The standard InChI is InChI=1S/C19H21FN4O3S/c1-10-7-24(8-11(2)26-10)18-12(9-25)4-13-17(23-27-19(13)16(18)20)14-5-22-15(28-3)6-21-14/h4-6,10-11,25H,7-9H2,1-3H3. The molecule has 0 aliphatic carbocycles. The number of halogens is 1. The second-order valence-corrected chi connectivity index (χ2v) is 7.70. The monoisotopic (exact) mass is 404 g/mol. The van der Waals surface area contributed by atoms with E-state index in [-0.39, 0.29) is 24.4 Å². The van der Waals surface area contributed by atoms with Gasteiger partial charge in [0.25, 0.3) is 0 Å². The number of rotatable bonds is 4. The van der Waals surface area contributed by atoms with Gasteiger partial charge in [0.2, 0.25) is 5.58 Å². The van der Waals surface area contributed by atoms with Gasteiger partial charge in [0, 0.05) is 18.7 Å². The molecular weight excluding hydrogens is 383 g/mol. The summed E-state index contributed by atoms with van der Waals surface area (Å²) in [6.45, 7) is 4.65. The average molecular weight is 404 g/mol. The van der Waals surface area contributed by atoms with Gasteiger partial charge in [0.15, 0.2) is 5.82 Å². The molecule has 9 heteroatoms. The lowest BCUT2D eigenvalue weighted by Gasteiger charge is -2.37. The minimum Gasteiger partial charge on any atom is -0.392 e. The van der Waals surface area contributed by atoms with Gasteiger partial charge in [-0.05, 0) is 26.2 Å². The van der Waals surface area contributed by atoms with Crippen molar-refractivity contribution < 1.29 is 18.8 Å². The van der Waals surface area contributed by atoms with Gasteiger partial charge >= 0.3 is 0 Å². The summed E-state index contributed by atoms with van der Waals surface area (Å²) in [5.74, 6) is -0.532. The Morgan fingerprint density at radius 3 is 2.61 bits per heavy atom. The number of nitrogens with zero attached hydrogens (tertiary/aromatic N) is 4. The molecular formula is C19H21FN4O3S. The molecule has 1 N–H and O–H groups in total. The molecule has 2 unspecified atom stereocenters. The largest absolute Gasteiger partial charge is 0.392 e. The van der Waals surface area contributed by atoms with E-state index in [2.05, 4.69) is 15.1 Å². The Morgan fingerprint density at radius 2 is 2.00 bits per heavy atom. The minimum absolute atomic E-state index is 0.0408. The van der Waals surface area contributed by atoms with Crippen molar-refractivity contribution >= 4 is 28.4 Å². The Balaban J connectivity index is 1.82. The Morgan fingerprint density at radius 1 is 1.25 bits per heavy atom. The van der Waals surface area contributed by atoms with Gasteiger partial charge < -0.3 is 19.3 Å². The third-order valence-electron chi connectivity index (χ3n) is 4.74. The molecule has 3 heterocycles. The van der Waals surface area contributed by atoms with Crippen molar-refractivity contribution in [1.29, 1.82) is 0 Å². The first-order valence-electron chi connectivity index (χ1n) is 9.00. The van der Waals surface area contributed by atoms with Crippen molar-refractivity contribution in [2.45, 2.75) is 37.7 Å². The number of hydrogen-bond donors (Lipinski definition) is 1. The summed E-state index contributed by atoms with van der Waals surface area (Å²) < 4.78 is 26.5.